The van der Waals surface area contributed by atoms with E-state index < -0.39 is 0 Å². The van der Waals surface area contributed by atoms with E-state index >= 15 is 0 Å². The Hall–Kier alpha value is -3.15. The average Bonchev–Trinajstić information content (AvgIpc) is 2.91. The van der Waals surface area contributed by atoms with Crippen LogP contribution in [0.3, 0.4) is 0 Å². The lowest BCUT2D eigenvalue weighted by molar-refractivity contribution is -0.116. The topological polar surface area (TPSA) is 69.7 Å². The van der Waals surface area contributed by atoms with Crippen molar-refractivity contribution in [2.45, 2.75) is 32.1 Å². The zero-order chi connectivity index (χ0) is 20.2. The van der Waals surface area contributed by atoms with Gasteiger partial charge in [0.05, 0.1) is 22.5 Å². The van der Waals surface area contributed by atoms with Crippen LogP contribution < -0.4 is 10.2 Å². The molecule has 6 heteroatoms. The second-order valence-electron chi connectivity index (χ2n) is 7.52. The maximum Gasteiger partial charge on any atom is 0.261 e. The van der Waals surface area contributed by atoms with Crippen molar-refractivity contribution in [2.75, 3.05) is 29.9 Å². The van der Waals surface area contributed by atoms with E-state index in [0.717, 1.165) is 42.2 Å². The van der Waals surface area contributed by atoms with E-state index in [9.17, 15) is 14.4 Å². The quantitative estimate of drug-likeness (QED) is 0.789. The molecule has 0 radical (unpaired) electrons. The summed E-state index contributed by atoms with van der Waals surface area (Å²) in [6.07, 6.45) is 4.86. The Morgan fingerprint density at radius 2 is 1.41 bits per heavy atom. The number of benzene rings is 2. The number of carbonyl (C=O) groups excluding carboxylic acids is 3. The number of rotatable bonds is 5. The third kappa shape index (κ3) is 4.01. The summed E-state index contributed by atoms with van der Waals surface area (Å²) in [5.41, 5.74) is 2.62. The van der Waals surface area contributed by atoms with Crippen molar-refractivity contribution in [1.29, 1.82) is 0 Å². The van der Waals surface area contributed by atoms with Crippen LogP contribution in [-0.2, 0) is 4.79 Å². The first-order valence-electron chi connectivity index (χ1n) is 10.2. The minimum absolute atomic E-state index is 0.0692. The highest BCUT2D eigenvalue weighted by Gasteiger charge is 2.35. The van der Waals surface area contributed by atoms with E-state index in [-0.39, 0.29) is 30.7 Å². The molecule has 2 aliphatic heterocycles. The van der Waals surface area contributed by atoms with Gasteiger partial charge in [-0.25, -0.2) is 0 Å². The van der Waals surface area contributed by atoms with Crippen LogP contribution in [0.2, 0.25) is 0 Å². The highest BCUT2D eigenvalue weighted by atomic mass is 16.2. The molecule has 0 unspecified atom stereocenters. The van der Waals surface area contributed by atoms with Gasteiger partial charge in [-0.1, -0.05) is 37.1 Å². The van der Waals surface area contributed by atoms with E-state index in [4.69, 9.17) is 0 Å². The van der Waals surface area contributed by atoms with Crippen LogP contribution in [-0.4, -0.2) is 42.3 Å². The molecule has 0 atom stereocenters. The first-order valence-corrected chi connectivity index (χ1v) is 10.2. The summed E-state index contributed by atoms with van der Waals surface area (Å²) in [5, 5.41) is 2.97. The van der Waals surface area contributed by atoms with Crippen LogP contribution in [0.25, 0.3) is 0 Å². The predicted molar refractivity (Wildman–Crippen MR) is 112 cm³/mol. The minimum atomic E-state index is -0.330. The SMILES string of the molecule is O=C(CCN1C(=O)c2ccccc2C1=O)Nc1ccccc1N1CCCCCC1. The van der Waals surface area contributed by atoms with Crippen molar-refractivity contribution in [1.82, 2.24) is 4.90 Å². The second-order valence-corrected chi connectivity index (χ2v) is 7.52. The number of nitrogens with zero attached hydrogens (tertiary/aromatic N) is 2. The van der Waals surface area contributed by atoms with Gasteiger partial charge < -0.3 is 10.2 Å². The standard InChI is InChI=1S/C23H25N3O3/c27-21(13-16-26-22(28)17-9-3-4-10-18(17)23(26)29)24-19-11-5-6-12-20(19)25-14-7-1-2-8-15-25/h3-6,9-12H,1-2,7-8,13-16H2,(H,24,27). The van der Waals surface area contributed by atoms with Crippen LogP contribution in [0.5, 0.6) is 0 Å². The summed E-state index contributed by atoms with van der Waals surface area (Å²) in [6, 6.07) is 14.6. The molecule has 2 aliphatic rings. The number of hydrogen-bond acceptors (Lipinski definition) is 4. The maximum absolute atomic E-state index is 12.6. The van der Waals surface area contributed by atoms with Gasteiger partial charge in [0, 0.05) is 26.1 Å². The van der Waals surface area contributed by atoms with Crippen LogP contribution in [0, 0.1) is 0 Å². The normalized spacial score (nSPS) is 16.6. The first-order chi connectivity index (χ1) is 14.1. The lowest BCUT2D eigenvalue weighted by Gasteiger charge is -2.25. The second kappa shape index (κ2) is 8.47. The molecule has 0 saturated carbocycles. The Morgan fingerprint density at radius 3 is 2.07 bits per heavy atom. The first kappa shape index (κ1) is 19.2. The van der Waals surface area contributed by atoms with Crippen molar-refractivity contribution in [2.24, 2.45) is 0 Å². The van der Waals surface area contributed by atoms with Crippen LogP contribution in [0.4, 0.5) is 11.4 Å². The molecule has 1 fully saturated rings. The molecule has 150 valence electrons. The van der Waals surface area contributed by atoms with Gasteiger partial charge in [0.15, 0.2) is 0 Å². The monoisotopic (exact) mass is 391 g/mol. The molecular weight excluding hydrogens is 366 g/mol. The Kier molecular flexibility index (Phi) is 5.60. The summed E-state index contributed by atoms with van der Waals surface area (Å²) in [5.74, 6) is -0.865. The maximum atomic E-state index is 12.6. The molecule has 0 spiro atoms. The molecular formula is C23H25N3O3. The molecule has 2 heterocycles. The van der Waals surface area contributed by atoms with Crippen molar-refractivity contribution in [3.63, 3.8) is 0 Å². The summed E-state index contributed by atoms with van der Waals surface area (Å²) >= 11 is 0. The van der Waals surface area contributed by atoms with Gasteiger partial charge in [-0.15, -0.1) is 0 Å². The summed E-state index contributed by atoms with van der Waals surface area (Å²) < 4.78 is 0. The molecule has 6 nitrogen and oxygen atoms in total. The van der Waals surface area contributed by atoms with E-state index in [2.05, 4.69) is 10.2 Å². The number of amides is 3. The number of imide groups is 1. The van der Waals surface area contributed by atoms with Gasteiger partial charge in [-0.3, -0.25) is 19.3 Å². The molecule has 1 N–H and O–H groups in total. The number of nitrogens with one attached hydrogen (secondary N) is 1. The van der Waals surface area contributed by atoms with Gasteiger partial charge >= 0.3 is 0 Å². The van der Waals surface area contributed by atoms with E-state index in [1.807, 2.05) is 24.3 Å². The Labute approximate surface area is 170 Å². The predicted octanol–water partition coefficient (Wildman–Crippen LogP) is 3.69. The summed E-state index contributed by atoms with van der Waals surface area (Å²) in [6.45, 7) is 2.05. The third-order valence-electron chi connectivity index (χ3n) is 5.57. The highest BCUT2D eigenvalue weighted by molar-refractivity contribution is 6.21. The number of hydrogen-bond donors (Lipinski definition) is 1. The molecule has 1 saturated heterocycles. The van der Waals surface area contributed by atoms with Gasteiger partial charge in [0.2, 0.25) is 5.91 Å². The van der Waals surface area contributed by atoms with Crippen LogP contribution in [0.1, 0.15) is 52.8 Å². The molecule has 0 bridgehead atoms. The van der Waals surface area contributed by atoms with E-state index in [1.54, 1.807) is 24.3 Å². The minimum Gasteiger partial charge on any atom is -0.370 e. The van der Waals surface area contributed by atoms with Crippen molar-refractivity contribution < 1.29 is 14.4 Å². The fourth-order valence-electron chi connectivity index (χ4n) is 4.03. The molecule has 2 aromatic rings. The van der Waals surface area contributed by atoms with Gasteiger partial charge in [-0.05, 0) is 37.1 Å². The number of carbonyl (C=O) groups is 3. The number of anilines is 2. The average molecular weight is 391 g/mol. The summed E-state index contributed by atoms with van der Waals surface area (Å²) in [7, 11) is 0. The van der Waals surface area contributed by atoms with Crippen molar-refractivity contribution in [3.05, 3.63) is 59.7 Å². The molecule has 0 aliphatic carbocycles. The number of para-hydroxylation sites is 2. The molecule has 2 aromatic carbocycles. The van der Waals surface area contributed by atoms with Crippen molar-refractivity contribution in [3.8, 4) is 0 Å². The number of fused-ring (bicyclic) bond motifs is 1. The van der Waals surface area contributed by atoms with E-state index in [1.165, 1.54) is 12.8 Å². The smallest absolute Gasteiger partial charge is 0.261 e. The lowest BCUT2D eigenvalue weighted by atomic mass is 10.1. The Balaban J connectivity index is 1.40. The third-order valence-corrected chi connectivity index (χ3v) is 5.57. The van der Waals surface area contributed by atoms with Gasteiger partial charge in [0.1, 0.15) is 0 Å². The van der Waals surface area contributed by atoms with Crippen LogP contribution in [0.15, 0.2) is 48.5 Å². The lowest BCUT2D eigenvalue weighted by Crippen LogP contribution is -2.33. The fraction of sp³-hybridized carbons (Fsp3) is 0.348. The largest absolute Gasteiger partial charge is 0.370 e. The van der Waals surface area contributed by atoms with Crippen LogP contribution >= 0.6 is 0 Å². The van der Waals surface area contributed by atoms with Gasteiger partial charge in [-0.2, -0.15) is 0 Å². The molecule has 3 amide bonds. The Morgan fingerprint density at radius 1 is 0.828 bits per heavy atom. The fourth-order valence-corrected chi connectivity index (χ4v) is 4.03. The van der Waals surface area contributed by atoms with E-state index in [0.29, 0.717) is 11.1 Å². The zero-order valence-electron chi connectivity index (χ0n) is 16.4. The Bertz CT molecular complexity index is 897. The summed E-state index contributed by atoms with van der Waals surface area (Å²) in [4.78, 5) is 40.9. The molecule has 29 heavy (non-hydrogen) atoms. The zero-order valence-corrected chi connectivity index (χ0v) is 16.4. The highest BCUT2D eigenvalue weighted by Crippen LogP contribution is 2.28. The molecule has 4 rings (SSSR count). The van der Waals surface area contributed by atoms with Gasteiger partial charge in [0.25, 0.3) is 11.8 Å². The molecule has 0 aromatic heterocycles. The van der Waals surface area contributed by atoms with Crippen molar-refractivity contribution >= 4 is 29.1 Å².